The van der Waals surface area contributed by atoms with Crippen LogP contribution in [0.4, 0.5) is 0 Å². The number of aromatic nitrogens is 2. The Kier molecular flexibility index (Phi) is 2.24. The zero-order valence-electron chi connectivity index (χ0n) is 7.03. The number of nitrogens with two attached hydrogens (primary N) is 1. The van der Waals surface area contributed by atoms with Crippen molar-refractivity contribution in [2.75, 3.05) is 0 Å². The Hall–Kier alpha value is -0.900. The summed E-state index contributed by atoms with van der Waals surface area (Å²) >= 11 is 0. The van der Waals surface area contributed by atoms with E-state index < -0.39 is 0 Å². The first kappa shape index (κ1) is 8.20. The van der Waals surface area contributed by atoms with Crippen LogP contribution in [-0.4, -0.2) is 10.1 Å². The highest BCUT2D eigenvalue weighted by Gasteiger charge is 2.15. The van der Waals surface area contributed by atoms with E-state index in [0.717, 1.165) is 0 Å². The SMILES string of the molecule is Cc1nc([C@@H](N)C(C)C)no1. The molecule has 1 aromatic rings. The summed E-state index contributed by atoms with van der Waals surface area (Å²) in [6.07, 6.45) is 0. The van der Waals surface area contributed by atoms with Crippen LogP contribution in [0.2, 0.25) is 0 Å². The zero-order chi connectivity index (χ0) is 8.43. The minimum atomic E-state index is -0.118. The van der Waals surface area contributed by atoms with Crippen LogP contribution in [0, 0.1) is 12.8 Å². The van der Waals surface area contributed by atoms with Crippen LogP contribution in [0.25, 0.3) is 0 Å². The summed E-state index contributed by atoms with van der Waals surface area (Å²) in [6, 6.07) is -0.118. The van der Waals surface area contributed by atoms with Crippen LogP contribution in [0.5, 0.6) is 0 Å². The van der Waals surface area contributed by atoms with Gasteiger partial charge < -0.3 is 10.3 Å². The standard InChI is InChI=1S/C7H13N3O/c1-4(2)6(8)7-9-5(3)11-10-7/h4,6H,8H2,1-3H3/t6-/m0/s1. The van der Waals surface area contributed by atoms with E-state index in [4.69, 9.17) is 10.3 Å². The van der Waals surface area contributed by atoms with E-state index in [9.17, 15) is 0 Å². The molecule has 62 valence electrons. The van der Waals surface area contributed by atoms with Crippen molar-refractivity contribution in [3.05, 3.63) is 11.7 Å². The Morgan fingerprint density at radius 1 is 1.45 bits per heavy atom. The molecule has 0 aliphatic rings. The highest BCUT2D eigenvalue weighted by Crippen LogP contribution is 2.14. The lowest BCUT2D eigenvalue weighted by Crippen LogP contribution is -2.18. The third-order valence-corrected chi connectivity index (χ3v) is 1.56. The first-order chi connectivity index (χ1) is 5.11. The fraction of sp³-hybridized carbons (Fsp3) is 0.714. The quantitative estimate of drug-likeness (QED) is 0.692. The van der Waals surface area contributed by atoms with Gasteiger partial charge in [-0.2, -0.15) is 4.98 Å². The van der Waals surface area contributed by atoms with Crippen molar-refractivity contribution in [3.63, 3.8) is 0 Å². The Morgan fingerprint density at radius 3 is 2.45 bits per heavy atom. The second kappa shape index (κ2) is 3.00. The smallest absolute Gasteiger partial charge is 0.223 e. The first-order valence-electron chi connectivity index (χ1n) is 3.67. The summed E-state index contributed by atoms with van der Waals surface area (Å²) in [5.41, 5.74) is 5.77. The lowest BCUT2D eigenvalue weighted by atomic mass is 10.1. The molecule has 0 aliphatic heterocycles. The summed E-state index contributed by atoms with van der Waals surface area (Å²) in [5.74, 6) is 1.50. The molecule has 0 aromatic carbocycles. The van der Waals surface area contributed by atoms with Crippen molar-refractivity contribution in [1.82, 2.24) is 10.1 Å². The molecule has 0 radical (unpaired) electrons. The Balaban J connectivity index is 2.76. The van der Waals surface area contributed by atoms with Gasteiger partial charge in [0.25, 0.3) is 0 Å². The van der Waals surface area contributed by atoms with E-state index in [1.54, 1.807) is 6.92 Å². The van der Waals surface area contributed by atoms with Gasteiger partial charge in [0.1, 0.15) is 0 Å². The molecule has 1 heterocycles. The molecule has 0 aliphatic carbocycles. The van der Waals surface area contributed by atoms with E-state index in [-0.39, 0.29) is 6.04 Å². The highest BCUT2D eigenvalue weighted by molar-refractivity contribution is 4.92. The predicted molar refractivity (Wildman–Crippen MR) is 40.8 cm³/mol. The largest absolute Gasteiger partial charge is 0.340 e. The summed E-state index contributed by atoms with van der Waals surface area (Å²) < 4.78 is 4.79. The van der Waals surface area contributed by atoms with Crippen LogP contribution in [0.15, 0.2) is 4.52 Å². The summed E-state index contributed by atoms with van der Waals surface area (Å²) in [6.45, 7) is 5.80. The maximum atomic E-state index is 5.77. The van der Waals surface area contributed by atoms with Crippen LogP contribution < -0.4 is 5.73 Å². The second-order valence-corrected chi connectivity index (χ2v) is 2.94. The molecule has 0 amide bonds. The van der Waals surface area contributed by atoms with E-state index in [1.807, 2.05) is 13.8 Å². The van der Waals surface area contributed by atoms with Gasteiger partial charge in [-0.15, -0.1) is 0 Å². The van der Waals surface area contributed by atoms with Gasteiger partial charge in [-0.3, -0.25) is 0 Å². The van der Waals surface area contributed by atoms with Crippen LogP contribution in [-0.2, 0) is 0 Å². The number of aryl methyl sites for hydroxylation is 1. The first-order valence-corrected chi connectivity index (χ1v) is 3.67. The average Bonchev–Trinajstić information content (AvgIpc) is 2.34. The van der Waals surface area contributed by atoms with Gasteiger partial charge in [0.15, 0.2) is 5.82 Å². The third kappa shape index (κ3) is 1.77. The van der Waals surface area contributed by atoms with Gasteiger partial charge in [-0.1, -0.05) is 19.0 Å². The lowest BCUT2D eigenvalue weighted by molar-refractivity contribution is 0.374. The number of hydrogen-bond acceptors (Lipinski definition) is 4. The summed E-state index contributed by atoms with van der Waals surface area (Å²) in [7, 11) is 0. The zero-order valence-corrected chi connectivity index (χ0v) is 7.03. The molecule has 0 saturated carbocycles. The van der Waals surface area contributed by atoms with Crippen molar-refractivity contribution in [1.29, 1.82) is 0 Å². The van der Waals surface area contributed by atoms with Crippen molar-refractivity contribution in [2.24, 2.45) is 11.7 Å². The molecule has 1 aromatic heterocycles. The molecule has 4 nitrogen and oxygen atoms in total. The Morgan fingerprint density at radius 2 is 2.09 bits per heavy atom. The minimum Gasteiger partial charge on any atom is -0.340 e. The fourth-order valence-electron chi connectivity index (χ4n) is 0.748. The summed E-state index contributed by atoms with van der Waals surface area (Å²) in [5, 5.41) is 3.73. The minimum absolute atomic E-state index is 0.118. The topological polar surface area (TPSA) is 64.9 Å². The van der Waals surface area contributed by atoms with Crippen LogP contribution >= 0.6 is 0 Å². The van der Waals surface area contributed by atoms with E-state index in [2.05, 4.69) is 10.1 Å². The Bertz CT molecular complexity index is 231. The maximum absolute atomic E-state index is 5.77. The van der Waals surface area contributed by atoms with E-state index in [1.165, 1.54) is 0 Å². The lowest BCUT2D eigenvalue weighted by Gasteiger charge is -2.09. The Labute approximate surface area is 65.8 Å². The molecule has 0 bridgehead atoms. The summed E-state index contributed by atoms with van der Waals surface area (Å²) in [4.78, 5) is 4.03. The molecule has 1 atom stereocenters. The predicted octanol–water partition coefficient (Wildman–Crippen LogP) is 1.03. The van der Waals surface area contributed by atoms with Gasteiger partial charge in [-0.05, 0) is 5.92 Å². The highest BCUT2D eigenvalue weighted by atomic mass is 16.5. The molecule has 0 spiro atoms. The molecular formula is C7H13N3O. The van der Waals surface area contributed by atoms with Crippen molar-refractivity contribution in [2.45, 2.75) is 26.8 Å². The molecule has 0 saturated heterocycles. The van der Waals surface area contributed by atoms with Crippen molar-refractivity contribution < 1.29 is 4.52 Å². The number of rotatable bonds is 2. The molecule has 4 heteroatoms. The maximum Gasteiger partial charge on any atom is 0.223 e. The third-order valence-electron chi connectivity index (χ3n) is 1.56. The van der Waals surface area contributed by atoms with Gasteiger partial charge in [0.2, 0.25) is 5.89 Å². The number of nitrogens with zero attached hydrogens (tertiary/aromatic N) is 2. The number of hydrogen-bond donors (Lipinski definition) is 1. The van der Waals surface area contributed by atoms with Gasteiger partial charge >= 0.3 is 0 Å². The second-order valence-electron chi connectivity index (χ2n) is 2.94. The molecule has 11 heavy (non-hydrogen) atoms. The van der Waals surface area contributed by atoms with Gasteiger partial charge in [0, 0.05) is 6.92 Å². The van der Waals surface area contributed by atoms with Gasteiger partial charge in [-0.25, -0.2) is 0 Å². The fourth-order valence-corrected chi connectivity index (χ4v) is 0.748. The average molecular weight is 155 g/mol. The monoisotopic (exact) mass is 155 g/mol. The van der Waals surface area contributed by atoms with E-state index >= 15 is 0 Å². The molecule has 0 fully saturated rings. The van der Waals surface area contributed by atoms with Gasteiger partial charge in [0.05, 0.1) is 6.04 Å². The molecule has 0 unspecified atom stereocenters. The van der Waals surface area contributed by atoms with Crippen LogP contribution in [0.3, 0.4) is 0 Å². The molecular weight excluding hydrogens is 142 g/mol. The van der Waals surface area contributed by atoms with E-state index in [0.29, 0.717) is 17.6 Å². The molecule has 2 N–H and O–H groups in total. The normalized spacial score (nSPS) is 13.9. The van der Waals surface area contributed by atoms with Crippen LogP contribution in [0.1, 0.15) is 31.6 Å². The van der Waals surface area contributed by atoms with Crippen molar-refractivity contribution >= 4 is 0 Å². The molecule has 1 rings (SSSR count). The van der Waals surface area contributed by atoms with Crippen molar-refractivity contribution in [3.8, 4) is 0 Å².